The zero-order chi connectivity index (χ0) is 47.6. The van der Waals surface area contributed by atoms with E-state index in [1.165, 1.54) is 24.3 Å². The molecule has 63 heavy (non-hydrogen) atoms. The molecule has 8 amide bonds. The van der Waals surface area contributed by atoms with Gasteiger partial charge in [0.25, 0.3) is 0 Å². The largest absolute Gasteiger partial charge is 0.481 e. The summed E-state index contributed by atoms with van der Waals surface area (Å²) in [5.41, 5.74) is 17.0. The molecule has 0 aromatic carbocycles. The number of nitrogens with zero attached hydrogens (tertiary/aromatic N) is 1. The molecule has 7 atom stereocenters. The second kappa shape index (κ2) is 29.4. The minimum absolute atomic E-state index is 0.0518. The van der Waals surface area contributed by atoms with Crippen LogP contribution < -0.4 is 54.4 Å². The molecule has 0 saturated heterocycles. The number of aliphatic hydroxyl groups excluding tert-OH is 1. The van der Waals surface area contributed by atoms with E-state index in [1.54, 1.807) is 20.1 Å². The number of unbranched alkanes of at least 4 members (excludes halogenated alkanes) is 1. The van der Waals surface area contributed by atoms with Crippen molar-refractivity contribution in [3.8, 4) is 0 Å². The molecule has 26 heteroatoms. The van der Waals surface area contributed by atoms with Crippen LogP contribution in [-0.2, 0) is 54.4 Å². The SMILES string of the molecule is CSCC[C@H](NC(=O)[C@H](CC(=O)O)NC(=O)[C@H](CCCCN)NC(=O)[C@H](Cc1cnc[nH]1)NC(=O)[C@@H](N)CO)C(=O)N[C@@H](CCC(N)=O)C(=O)N[C@@H](CC(C)C)C(=O)NCC(=O)O. The van der Waals surface area contributed by atoms with Crippen molar-refractivity contribution in [2.75, 3.05) is 31.7 Å². The summed E-state index contributed by atoms with van der Waals surface area (Å²) in [4.78, 5) is 135. The predicted molar refractivity (Wildman–Crippen MR) is 226 cm³/mol. The van der Waals surface area contributed by atoms with Gasteiger partial charge in [-0.25, -0.2) is 4.98 Å². The van der Waals surface area contributed by atoms with Gasteiger partial charge in [-0.2, -0.15) is 11.8 Å². The number of amides is 8. The van der Waals surface area contributed by atoms with Crippen LogP contribution in [0, 0.1) is 5.92 Å². The van der Waals surface area contributed by atoms with Crippen LogP contribution >= 0.6 is 11.8 Å². The Bertz CT molecular complexity index is 1700. The number of nitrogens with one attached hydrogen (secondary N) is 8. The van der Waals surface area contributed by atoms with E-state index in [0.717, 1.165) is 0 Å². The van der Waals surface area contributed by atoms with Crippen molar-refractivity contribution in [3.05, 3.63) is 18.2 Å². The van der Waals surface area contributed by atoms with Gasteiger partial charge in [-0.15, -0.1) is 0 Å². The number of nitrogens with two attached hydrogens (primary N) is 3. The molecule has 0 saturated carbocycles. The van der Waals surface area contributed by atoms with Crippen LogP contribution in [0.5, 0.6) is 0 Å². The first-order valence-corrected chi connectivity index (χ1v) is 21.5. The fourth-order valence-corrected chi connectivity index (χ4v) is 6.21. The number of thioether (sulfide) groups is 1. The molecule has 1 heterocycles. The number of rotatable bonds is 32. The molecule has 0 aliphatic carbocycles. The number of primary amides is 1. The zero-order valence-electron chi connectivity index (χ0n) is 35.5. The van der Waals surface area contributed by atoms with E-state index in [0.29, 0.717) is 12.1 Å². The molecule has 0 unspecified atom stereocenters. The summed E-state index contributed by atoms with van der Waals surface area (Å²) < 4.78 is 0. The number of carboxylic acids is 2. The number of carboxylic acid groups (broad SMARTS) is 2. The number of aliphatic carboxylic acids is 2. The van der Waals surface area contributed by atoms with Crippen LogP contribution in [0.1, 0.15) is 70.9 Å². The normalized spacial score (nSPS) is 14.3. The Morgan fingerprint density at radius 1 is 0.714 bits per heavy atom. The molecule has 1 rings (SSSR count). The van der Waals surface area contributed by atoms with E-state index in [4.69, 9.17) is 22.3 Å². The topological polar surface area (TPSA) is 422 Å². The summed E-state index contributed by atoms with van der Waals surface area (Å²) in [5, 5.41) is 44.8. The lowest BCUT2D eigenvalue weighted by atomic mass is 10.0. The van der Waals surface area contributed by atoms with E-state index in [1.807, 2.05) is 0 Å². The van der Waals surface area contributed by atoms with Gasteiger partial charge in [0.1, 0.15) is 48.8 Å². The minimum Gasteiger partial charge on any atom is -0.481 e. The Hall–Kier alpha value is -5.86. The Morgan fingerprint density at radius 3 is 1.73 bits per heavy atom. The van der Waals surface area contributed by atoms with E-state index < -0.39 is 127 Å². The quantitative estimate of drug-likeness (QED) is 0.0301. The van der Waals surface area contributed by atoms with E-state index in [9.17, 15) is 58.2 Å². The summed E-state index contributed by atoms with van der Waals surface area (Å²) >= 11 is 1.27. The number of carbonyl (C=O) groups excluding carboxylic acids is 8. The first-order valence-electron chi connectivity index (χ1n) is 20.1. The number of aromatic nitrogens is 2. The van der Waals surface area contributed by atoms with Gasteiger partial charge in [-0.3, -0.25) is 47.9 Å². The van der Waals surface area contributed by atoms with Gasteiger partial charge in [0.15, 0.2) is 0 Å². The molecule has 17 N–H and O–H groups in total. The molecule has 1 aromatic heterocycles. The van der Waals surface area contributed by atoms with Crippen molar-refractivity contribution < 1.29 is 63.3 Å². The van der Waals surface area contributed by atoms with Gasteiger partial charge in [0, 0.05) is 24.7 Å². The van der Waals surface area contributed by atoms with Crippen LogP contribution in [0.3, 0.4) is 0 Å². The van der Waals surface area contributed by atoms with Gasteiger partial charge in [0.05, 0.1) is 19.4 Å². The lowest BCUT2D eigenvalue weighted by molar-refractivity contribution is -0.141. The predicted octanol–water partition coefficient (Wildman–Crippen LogP) is -4.95. The highest BCUT2D eigenvalue weighted by Gasteiger charge is 2.35. The third-order valence-electron chi connectivity index (χ3n) is 9.05. The first kappa shape index (κ1) is 55.2. The van der Waals surface area contributed by atoms with Crippen LogP contribution in [0.2, 0.25) is 0 Å². The highest BCUT2D eigenvalue weighted by atomic mass is 32.2. The summed E-state index contributed by atoms with van der Waals surface area (Å²) in [6.45, 7) is 2.24. The summed E-state index contributed by atoms with van der Waals surface area (Å²) in [5.74, 6) is -10.2. The molecule has 354 valence electrons. The van der Waals surface area contributed by atoms with Crippen LogP contribution in [0.4, 0.5) is 0 Å². The number of H-pyrrole nitrogens is 1. The standard InChI is InChI=1S/C37H62N12O13S/c1-19(2)12-25(32(57)42-16-30(54)55)48-34(59)23(7-8-28(40)51)45-35(60)24(9-11-63-3)46-37(62)27(14-29(52)53)49-33(58)22(6-4-5-10-38)44-36(61)26(13-20-15-41-18-43-20)47-31(56)21(39)17-50/h15,18-19,21-27,50H,4-14,16-17,38-39H2,1-3H3,(H2,40,51)(H,41,43)(H,42,57)(H,44,61)(H,45,60)(H,46,62)(H,47,56)(H,48,59)(H,49,58)(H,52,53)(H,54,55)/t21-,22-,23-,24-,25-,26-,27-/m0/s1. The number of aromatic amines is 1. The Labute approximate surface area is 367 Å². The zero-order valence-corrected chi connectivity index (χ0v) is 36.3. The van der Waals surface area contributed by atoms with E-state index in [-0.39, 0.29) is 56.7 Å². The highest BCUT2D eigenvalue weighted by Crippen LogP contribution is 2.10. The second-order valence-electron chi connectivity index (χ2n) is 14.8. The Balaban J connectivity index is 3.40. The molecule has 0 fully saturated rings. The molecule has 0 aliphatic rings. The third kappa shape index (κ3) is 22.2. The molecule has 0 aliphatic heterocycles. The highest BCUT2D eigenvalue weighted by molar-refractivity contribution is 7.98. The number of aliphatic hydroxyl groups is 1. The summed E-state index contributed by atoms with van der Waals surface area (Å²) in [6, 6.07) is -10.2. The number of hydrogen-bond donors (Lipinski definition) is 14. The molecule has 1 aromatic rings. The maximum absolute atomic E-state index is 13.8. The van der Waals surface area contributed by atoms with Crippen molar-refractivity contribution in [3.63, 3.8) is 0 Å². The van der Waals surface area contributed by atoms with Gasteiger partial charge < -0.3 is 74.7 Å². The van der Waals surface area contributed by atoms with Gasteiger partial charge in [-0.1, -0.05) is 13.8 Å². The maximum Gasteiger partial charge on any atom is 0.322 e. The average Bonchev–Trinajstić information content (AvgIpc) is 3.73. The van der Waals surface area contributed by atoms with Gasteiger partial charge >= 0.3 is 11.9 Å². The number of hydrogen-bond acceptors (Lipinski definition) is 15. The minimum atomic E-state index is -1.83. The Morgan fingerprint density at radius 2 is 1.24 bits per heavy atom. The smallest absolute Gasteiger partial charge is 0.322 e. The molecule has 0 radical (unpaired) electrons. The van der Waals surface area contributed by atoms with E-state index >= 15 is 0 Å². The van der Waals surface area contributed by atoms with Crippen molar-refractivity contribution in [1.29, 1.82) is 0 Å². The van der Waals surface area contributed by atoms with Crippen molar-refractivity contribution in [1.82, 2.24) is 47.2 Å². The van der Waals surface area contributed by atoms with Crippen LogP contribution in [0.25, 0.3) is 0 Å². The molecule has 25 nitrogen and oxygen atoms in total. The lowest BCUT2D eigenvalue weighted by Crippen LogP contribution is -2.60. The first-order chi connectivity index (χ1) is 29.7. The van der Waals surface area contributed by atoms with Gasteiger partial charge in [-0.05, 0) is 63.0 Å². The fraction of sp³-hybridized carbons (Fsp3) is 0.649. The summed E-state index contributed by atoms with van der Waals surface area (Å²) in [6.07, 6.45) is 3.15. The van der Waals surface area contributed by atoms with Crippen molar-refractivity contribution in [2.45, 2.75) is 114 Å². The van der Waals surface area contributed by atoms with Crippen LogP contribution in [0.15, 0.2) is 12.5 Å². The molecular weight excluding hydrogens is 853 g/mol. The summed E-state index contributed by atoms with van der Waals surface area (Å²) in [7, 11) is 0. The van der Waals surface area contributed by atoms with Gasteiger partial charge in [0.2, 0.25) is 47.3 Å². The van der Waals surface area contributed by atoms with Crippen LogP contribution in [-0.4, -0.2) is 158 Å². The average molecular weight is 915 g/mol. The number of imidazole rings is 1. The maximum atomic E-state index is 13.8. The Kier molecular flexibility index (Phi) is 25.8. The van der Waals surface area contributed by atoms with Crippen molar-refractivity contribution in [2.24, 2.45) is 23.1 Å². The molecular formula is C37H62N12O13S. The fourth-order valence-electron chi connectivity index (χ4n) is 5.74. The molecule has 0 bridgehead atoms. The van der Waals surface area contributed by atoms with Crippen molar-refractivity contribution >= 4 is 71.0 Å². The molecule has 0 spiro atoms. The third-order valence-corrected chi connectivity index (χ3v) is 9.69. The van der Waals surface area contributed by atoms with E-state index in [2.05, 4.69) is 47.2 Å². The lowest BCUT2D eigenvalue weighted by Gasteiger charge is -2.27. The second-order valence-corrected chi connectivity index (χ2v) is 15.8. The number of carbonyl (C=O) groups is 10. The monoisotopic (exact) mass is 914 g/mol.